The fourth-order valence-corrected chi connectivity index (χ4v) is 2.83. The van der Waals surface area contributed by atoms with E-state index in [9.17, 15) is 14.7 Å². The zero-order valence-corrected chi connectivity index (χ0v) is 13.0. The Morgan fingerprint density at radius 3 is 2.70 bits per heavy atom. The van der Waals surface area contributed by atoms with Gasteiger partial charge in [0.25, 0.3) is 0 Å². The van der Waals surface area contributed by atoms with E-state index >= 15 is 0 Å². The lowest BCUT2D eigenvalue weighted by Crippen LogP contribution is -2.41. The maximum atomic E-state index is 11.9. The van der Waals surface area contributed by atoms with Gasteiger partial charge in [0, 0.05) is 0 Å². The summed E-state index contributed by atoms with van der Waals surface area (Å²) in [6.45, 7) is 0.478. The summed E-state index contributed by atoms with van der Waals surface area (Å²) in [4.78, 5) is 22.8. The van der Waals surface area contributed by atoms with Crippen molar-refractivity contribution in [1.82, 2.24) is 5.32 Å². The number of aliphatic hydroxyl groups is 1. The topological polar surface area (TPSA) is 95.9 Å². The van der Waals surface area contributed by atoms with Crippen LogP contribution in [0.25, 0.3) is 0 Å². The second-order valence-corrected chi connectivity index (χ2v) is 5.82. The van der Waals surface area contributed by atoms with Crippen LogP contribution in [0.3, 0.4) is 0 Å². The van der Waals surface area contributed by atoms with Crippen LogP contribution in [0, 0.1) is 5.92 Å². The average molecular weight is 321 g/mol. The molecule has 0 aromatic heterocycles. The van der Waals surface area contributed by atoms with E-state index in [0.29, 0.717) is 5.75 Å². The molecule has 0 spiro atoms. The summed E-state index contributed by atoms with van der Waals surface area (Å²) >= 11 is 0. The first kappa shape index (κ1) is 17.3. The first-order valence-corrected chi connectivity index (χ1v) is 8.00. The molecule has 1 amide bonds. The molecule has 1 aliphatic carbocycles. The molecule has 23 heavy (non-hydrogen) atoms. The number of aromatic carboxylic acids is 1. The molecular weight excluding hydrogens is 298 g/mol. The third-order valence-electron chi connectivity index (χ3n) is 4.12. The van der Waals surface area contributed by atoms with Crippen LogP contribution in [0.1, 0.15) is 42.5 Å². The summed E-state index contributed by atoms with van der Waals surface area (Å²) in [5.74, 6) is -0.886. The molecule has 3 N–H and O–H groups in total. The minimum Gasteiger partial charge on any atom is -0.492 e. The average Bonchev–Trinajstić information content (AvgIpc) is 2.59. The number of rotatable bonds is 7. The lowest BCUT2D eigenvalue weighted by atomic mass is 9.85. The Morgan fingerprint density at radius 1 is 1.26 bits per heavy atom. The molecule has 1 atom stereocenters. The van der Waals surface area contributed by atoms with E-state index in [1.165, 1.54) is 18.6 Å². The number of nitrogens with one attached hydrogen (secondary N) is 1. The van der Waals surface area contributed by atoms with Crippen molar-refractivity contribution in [2.75, 3.05) is 13.2 Å². The highest BCUT2D eigenvalue weighted by atomic mass is 16.5. The van der Waals surface area contributed by atoms with Gasteiger partial charge in [0.1, 0.15) is 18.5 Å². The second-order valence-electron chi connectivity index (χ2n) is 5.82. The molecule has 6 nitrogen and oxygen atoms in total. The first-order chi connectivity index (χ1) is 11.1. The van der Waals surface area contributed by atoms with Gasteiger partial charge in [-0.05, 0) is 37.0 Å². The van der Waals surface area contributed by atoms with E-state index in [1.807, 2.05) is 0 Å². The summed E-state index contributed by atoms with van der Waals surface area (Å²) in [6.07, 6.45) is 4.15. The zero-order chi connectivity index (χ0) is 16.7. The third kappa shape index (κ3) is 5.25. The molecule has 0 saturated heterocycles. The van der Waals surface area contributed by atoms with Crippen molar-refractivity contribution in [3.63, 3.8) is 0 Å². The number of carboxylic acids is 1. The monoisotopic (exact) mass is 321 g/mol. The largest absolute Gasteiger partial charge is 0.492 e. The lowest BCUT2D eigenvalue weighted by molar-refractivity contribution is -0.132. The second kappa shape index (κ2) is 8.53. The number of aliphatic hydroxyl groups excluding tert-OH is 1. The van der Waals surface area contributed by atoms with Gasteiger partial charge >= 0.3 is 5.97 Å². The Labute approximate surface area is 135 Å². The maximum Gasteiger partial charge on any atom is 0.335 e. The van der Waals surface area contributed by atoms with Crippen molar-refractivity contribution in [1.29, 1.82) is 0 Å². The summed E-state index contributed by atoms with van der Waals surface area (Å²) in [5.41, 5.74) is 0.152. The van der Waals surface area contributed by atoms with E-state index in [0.717, 1.165) is 25.7 Å². The number of hydrogen-bond acceptors (Lipinski definition) is 4. The van der Waals surface area contributed by atoms with Crippen molar-refractivity contribution in [2.24, 2.45) is 5.92 Å². The SMILES string of the molecule is O=C(O)c1cccc(OCCNC(=O)[C@H](O)C2CCCCC2)c1. The Morgan fingerprint density at radius 2 is 2.00 bits per heavy atom. The number of carbonyl (C=O) groups is 2. The van der Waals surface area contributed by atoms with Crippen LogP contribution < -0.4 is 10.1 Å². The number of hydrogen-bond donors (Lipinski definition) is 3. The molecule has 0 aliphatic heterocycles. The summed E-state index contributed by atoms with van der Waals surface area (Å²) in [6, 6.07) is 6.17. The van der Waals surface area contributed by atoms with Crippen LogP contribution >= 0.6 is 0 Å². The highest BCUT2D eigenvalue weighted by molar-refractivity contribution is 5.88. The van der Waals surface area contributed by atoms with Gasteiger partial charge in [0.15, 0.2) is 0 Å². The highest BCUT2D eigenvalue weighted by Crippen LogP contribution is 2.26. The van der Waals surface area contributed by atoms with Gasteiger partial charge in [-0.25, -0.2) is 4.79 Å². The van der Waals surface area contributed by atoms with Crippen LogP contribution in [-0.4, -0.2) is 41.3 Å². The number of carbonyl (C=O) groups excluding carboxylic acids is 1. The Kier molecular flexibility index (Phi) is 6.40. The van der Waals surface area contributed by atoms with E-state index in [2.05, 4.69) is 5.32 Å². The van der Waals surface area contributed by atoms with Crippen molar-refractivity contribution >= 4 is 11.9 Å². The Hall–Kier alpha value is -2.08. The van der Waals surface area contributed by atoms with Crippen LogP contribution in [0.2, 0.25) is 0 Å². The molecule has 0 radical (unpaired) electrons. The first-order valence-electron chi connectivity index (χ1n) is 8.00. The number of ether oxygens (including phenoxy) is 1. The standard InChI is InChI=1S/C17H23NO5/c19-15(12-5-2-1-3-6-12)16(20)18-9-10-23-14-8-4-7-13(11-14)17(21)22/h4,7-8,11-12,15,19H,1-3,5-6,9-10H2,(H,18,20)(H,21,22)/t15-/m1/s1. The van der Waals surface area contributed by atoms with Gasteiger partial charge in [-0.15, -0.1) is 0 Å². The smallest absolute Gasteiger partial charge is 0.335 e. The van der Waals surface area contributed by atoms with Crippen molar-refractivity contribution in [3.8, 4) is 5.75 Å². The van der Waals surface area contributed by atoms with Crippen LogP contribution in [0.5, 0.6) is 5.75 Å². The molecule has 126 valence electrons. The summed E-state index contributed by atoms with van der Waals surface area (Å²) in [7, 11) is 0. The molecular formula is C17H23NO5. The lowest BCUT2D eigenvalue weighted by Gasteiger charge is -2.25. The van der Waals surface area contributed by atoms with Gasteiger partial charge in [0.05, 0.1) is 12.1 Å². The van der Waals surface area contributed by atoms with Crippen molar-refractivity contribution < 1.29 is 24.5 Å². The fourth-order valence-electron chi connectivity index (χ4n) is 2.83. The molecule has 0 unspecified atom stereocenters. The quantitative estimate of drug-likeness (QED) is 0.666. The van der Waals surface area contributed by atoms with E-state index in [1.54, 1.807) is 12.1 Å². The zero-order valence-electron chi connectivity index (χ0n) is 13.0. The molecule has 1 aromatic rings. The van der Waals surface area contributed by atoms with Gasteiger partial charge in [-0.3, -0.25) is 4.79 Å². The van der Waals surface area contributed by atoms with Crippen molar-refractivity contribution in [3.05, 3.63) is 29.8 Å². The van der Waals surface area contributed by atoms with E-state index < -0.39 is 12.1 Å². The molecule has 1 aromatic carbocycles. The van der Waals surface area contributed by atoms with Crippen LogP contribution in [0.15, 0.2) is 24.3 Å². The van der Waals surface area contributed by atoms with E-state index in [4.69, 9.17) is 9.84 Å². The molecule has 0 heterocycles. The summed E-state index contributed by atoms with van der Waals surface area (Å²) < 4.78 is 5.41. The molecule has 0 bridgehead atoms. The highest BCUT2D eigenvalue weighted by Gasteiger charge is 2.27. The number of benzene rings is 1. The number of carboxylic acid groups (broad SMARTS) is 1. The summed E-state index contributed by atoms with van der Waals surface area (Å²) in [5, 5.41) is 21.6. The predicted molar refractivity (Wildman–Crippen MR) is 84.5 cm³/mol. The van der Waals surface area contributed by atoms with Crippen LogP contribution in [0.4, 0.5) is 0 Å². The predicted octanol–water partition coefficient (Wildman–Crippen LogP) is 1.82. The molecule has 1 saturated carbocycles. The maximum absolute atomic E-state index is 11.9. The van der Waals surface area contributed by atoms with E-state index in [-0.39, 0.29) is 30.5 Å². The Balaban J connectivity index is 1.71. The van der Waals surface area contributed by atoms with Gasteiger partial charge in [0.2, 0.25) is 5.91 Å². The van der Waals surface area contributed by atoms with Crippen molar-refractivity contribution in [2.45, 2.75) is 38.2 Å². The minimum atomic E-state index is -1.01. The van der Waals surface area contributed by atoms with Gasteiger partial charge in [-0.1, -0.05) is 25.3 Å². The molecule has 1 fully saturated rings. The van der Waals surface area contributed by atoms with Gasteiger partial charge < -0.3 is 20.3 Å². The fraction of sp³-hybridized carbons (Fsp3) is 0.529. The minimum absolute atomic E-state index is 0.0527. The van der Waals surface area contributed by atoms with Crippen LogP contribution in [-0.2, 0) is 4.79 Å². The molecule has 2 rings (SSSR count). The number of amides is 1. The normalized spacial score (nSPS) is 16.6. The molecule has 6 heteroatoms. The Bertz CT molecular complexity index is 540. The van der Waals surface area contributed by atoms with Gasteiger partial charge in [-0.2, -0.15) is 0 Å². The molecule has 1 aliphatic rings. The third-order valence-corrected chi connectivity index (χ3v) is 4.12.